The van der Waals surface area contributed by atoms with Crippen LogP contribution in [0, 0.1) is 17.3 Å². The van der Waals surface area contributed by atoms with E-state index >= 15 is 0 Å². The lowest BCUT2D eigenvalue weighted by atomic mass is 9.86. The van der Waals surface area contributed by atoms with Crippen molar-refractivity contribution in [2.45, 2.75) is 195 Å². The van der Waals surface area contributed by atoms with Crippen LogP contribution in [0.1, 0.15) is 195 Å². The second-order valence-corrected chi connectivity index (χ2v) is 14.0. The monoisotopic (exact) mass is 579 g/mol. The van der Waals surface area contributed by atoms with E-state index in [4.69, 9.17) is 9.47 Å². The first kappa shape index (κ1) is 38.0. The summed E-state index contributed by atoms with van der Waals surface area (Å²) in [7, 11) is 0. The van der Waals surface area contributed by atoms with Crippen molar-refractivity contribution >= 4 is 11.9 Å². The number of carbonyl (C=O) groups excluding carboxylic acids is 2. The molecule has 0 unspecified atom stereocenters. The maximum atomic E-state index is 13.0. The first-order valence-electron chi connectivity index (χ1n) is 18.2. The van der Waals surface area contributed by atoms with E-state index in [1.165, 1.54) is 116 Å². The molecule has 0 amide bonds. The van der Waals surface area contributed by atoms with Crippen LogP contribution in [0.25, 0.3) is 0 Å². The smallest absolute Gasteiger partial charge is 0.323 e. The number of ether oxygens (including phenoxy) is 2. The fraction of sp³-hybridized carbons (Fsp3) is 0.946. The Labute approximate surface area is 255 Å². The molecule has 0 aromatic carbocycles. The van der Waals surface area contributed by atoms with Crippen molar-refractivity contribution in [2.75, 3.05) is 13.2 Å². The predicted octanol–water partition coefficient (Wildman–Crippen LogP) is 11.5. The van der Waals surface area contributed by atoms with Gasteiger partial charge in [-0.05, 0) is 37.5 Å². The molecule has 1 aliphatic carbocycles. The molecule has 0 atom stereocenters. The molecular weight excluding hydrogens is 508 g/mol. The first-order chi connectivity index (χ1) is 19.9. The van der Waals surface area contributed by atoms with Gasteiger partial charge in [0.25, 0.3) is 0 Å². The molecule has 0 saturated heterocycles. The van der Waals surface area contributed by atoms with E-state index in [2.05, 4.69) is 27.7 Å². The van der Waals surface area contributed by atoms with Crippen LogP contribution in [0.5, 0.6) is 0 Å². The zero-order valence-electron chi connectivity index (χ0n) is 28.1. The van der Waals surface area contributed by atoms with Crippen LogP contribution < -0.4 is 0 Å². The van der Waals surface area contributed by atoms with E-state index in [1.54, 1.807) is 0 Å². The van der Waals surface area contributed by atoms with Crippen LogP contribution in [0.2, 0.25) is 0 Å². The molecule has 0 heterocycles. The van der Waals surface area contributed by atoms with Crippen LogP contribution in [-0.4, -0.2) is 25.2 Å². The van der Waals surface area contributed by atoms with Crippen LogP contribution in [-0.2, 0) is 19.1 Å². The number of carbonyl (C=O) groups is 2. The molecular formula is C37H70O4. The topological polar surface area (TPSA) is 52.6 Å². The largest absolute Gasteiger partial charge is 0.465 e. The lowest BCUT2D eigenvalue weighted by Crippen LogP contribution is -2.40. The van der Waals surface area contributed by atoms with E-state index in [-0.39, 0.29) is 11.9 Å². The summed E-state index contributed by atoms with van der Waals surface area (Å²) >= 11 is 0. The van der Waals surface area contributed by atoms with E-state index in [0.29, 0.717) is 26.1 Å². The van der Waals surface area contributed by atoms with Gasteiger partial charge in [-0.25, -0.2) is 0 Å². The number of rotatable bonds is 28. The average molecular weight is 579 g/mol. The van der Waals surface area contributed by atoms with Gasteiger partial charge in [0.2, 0.25) is 0 Å². The van der Waals surface area contributed by atoms with Gasteiger partial charge in [-0.15, -0.1) is 0 Å². The zero-order valence-corrected chi connectivity index (χ0v) is 28.1. The first-order valence-corrected chi connectivity index (χ1v) is 18.2. The van der Waals surface area contributed by atoms with Crippen molar-refractivity contribution in [3.8, 4) is 0 Å². The Kier molecular flexibility index (Phi) is 23.6. The van der Waals surface area contributed by atoms with Gasteiger partial charge in [-0.1, -0.05) is 169 Å². The molecule has 0 aliphatic heterocycles. The lowest BCUT2D eigenvalue weighted by molar-refractivity contribution is -0.172. The van der Waals surface area contributed by atoms with Crippen molar-refractivity contribution in [1.82, 2.24) is 0 Å². The maximum Gasteiger partial charge on any atom is 0.323 e. The fourth-order valence-corrected chi connectivity index (χ4v) is 6.21. The molecule has 0 N–H and O–H groups in total. The van der Waals surface area contributed by atoms with Crippen molar-refractivity contribution in [2.24, 2.45) is 17.3 Å². The van der Waals surface area contributed by atoms with E-state index in [9.17, 15) is 9.59 Å². The Hall–Kier alpha value is -1.06. The van der Waals surface area contributed by atoms with Gasteiger partial charge in [-0.3, -0.25) is 9.59 Å². The highest BCUT2D eigenvalue weighted by Gasteiger charge is 2.50. The van der Waals surface area contributed by atoms with Crippen LogP contribution in [0.15, 0.2) is 0 Å². The quantitative estimate of drug-likeness (QED) is 0.0526. The van der Waals surface area contributed by atoms with Gasteiger partial charge < -0.3 is 9.47 Å². The summed E-state index contributed by atoms with van der Waals surface area (Å²) in [5, 5.41) is 0. The standard InChI is InChI=1S/C37H70O4/c1-33(2)27-21-17-13-9-5-7-11-15-19-25-31-40-35(38)37(29-23-24-30-37)36(39)41-32-26-20-16-12-8-6-10-14-18-22-28-34(3)4/h33-34H,5-32H2,1-4H3. The summed E-state index contributed by atoms with van der Waals surface area (Å²) in [6, 6.07) is 0. The minimum Gasteiger partial charge on any atom is -0.465 e. The summed E-state index contributed by atoms with van der Waals surface area (Å²) < 4.78 is 11.3. The van der Waals surface area contributed by atoms with Crippen molar-refractivity contribution in [3.63, 3.8) is 0 Å². The van der Waals surface area contributed by atoms with Gasteiger partial charge >= 0.3 is 11.9 Å². The Bertz CT molecular complexity index is 572. The third-order valence-electron chi connectivity index (χ3n) is 9.06. The van der Waals surface area contributed by atoms with Gasteiger partial charge in [-0.2, -0.15) is 0 Å². The highest BCUT2D eigenvalue weighted by atomic mass is 16.6. The molecule has 1 aliphatic rings. The van der Waals surface area contributed by atoms with Crippen LogP contribution in [0.4, 0.5) is 0 Å². The van der Waals surface area contributed by atoms with Crippen LogP contribution in [0.3, 0.4) is 0 Å². The van der Waals surface area contributed by atoms with Gasteiger partial charge in [0.15, 0.2) is 5.41 Å². The predicted molar refractivity (Wildman–Crippen MR) is 174 cm³/mol. The van der Waals surface area contributed by atoms with Gasteiger partial charge in [0, 0.05) is 0 Å². The molecule has 1 rings (SSSR count). The molecule has 0 spiro atoms. The van der Waals surface area contributed by atoms with Crippen molar-refractivity contribution in [1.29, 1.82) is 0 Å². The summed E-state index contributed by atoms with van der Waals surface area (Å²) in [4.78, 5) is 25.9. The lowest BCUT2D eigenvalue weighted by Gasteiger charge is -2.24. The van der Waals surface area contributed by atoms with E-state index < -0.39 is 5.41 Å². The zero-order chi connectivity index (χ0) is 30.0. The van der Waals surface area contributed by atoms with Crippen molar-refractivity contribution in [3.05, 3.63) is 0 Å². The molecule has 4 nitrogen and oxygen atoms in total. The molecule has 1 fully saturated rings. The molecule has 0 bridgehead atoms. The van der Waals surface area contributed by atoms with Crippen molar-refractivity contribution < 1.29 is 19.1 Å². The summed E-state index contributed by atoms with van der Waals surface area (Å²) in [5.74, 6) is 1.01. The normalized spacial score (nSPS) is 14.7. The highest BCUT2D eigenvalue weighted by molar-refractivity contribution is 6.00. The molecule has 4 heteroatoms. The minimum atomic E-state index is -1.04. The van der Waals surface area contributed by atoms with Gasteiger partial charge in [0.05, 0.1) is 13.2 Å². The summed E-state index contributed by atoms with van der Waals surface area (Å²) in [6.07, 6.45) is 31.0. The summed E-state index contributed by atoms with van der Waals surface area (Å²) in [5.41, 5.74) is -1.04. The Morgan fingerprint density at radius 1 is 0.463 bits per heavy atom. The second kappa shape index (κ2) is 25.4. The summed E-state index contributed by atoms with van der Waals surface area (Å²) in [6.45, 7) is 10.1. The Morgan fingerprint density at radius 3 is 1.02 bits per heavy atom. The molecule has 1 saturated carbocycles. The van der Waals surface area contributed by atoms with E-state index in [0.717, 1.165) is 50.4 Å². The van der Waals surface area contributed by atoms with Crippen LogP contribution >= 0.6 is 0 Å². The molecule has 0 radical (unpaired) electrons. The van der Waals surface area contributed by atoms with Gasteiger partial charge in [0.1, 0.15) is 0 Å². The minimum absolute atomic E-state index is 0.332. The average Bonchev–Trinajstić information content (AvgIpc) is 3.45. The Morgan fingerprint density at radius 2 is 0.732 bits per heavy atom. The Balaban J connectivity index is 2.03. The number of unbranched alkanes of at least 4 members (excludes halogenated alkanes) is 18. The third-order valence-corrected chi connectivity index (χ3v) is 9.06. The maximum absolute atomic E-state index is 13.0. The highest BCUT2D eigenvalue weighted by Crippen LogP contribution is 2.40. The second-order valence-electron chi connectivity index (χ2n) is 14.0. The molecule has 242 valence electrons. The molecule has 41 heavy (non-hydrogen) atoms. The number of hydrogen-bond acceptors (Lipinski definition) is 4. The molecule has 0 aromatic rings. The van der Waals surface area contributed by atoms with E-state index in [1.807, 2.05) is 0 Å². The number of hydrogen-bond donors (Lipinski definition) is 0. The fourth-order valence-electron chi connectivity index (χ4n) is 6.21. The number of esters is 2. The SMILES string of the molecule is CC(C)CCCCCCCCCCCCOC(=O)C1(C(=O)OCCCCCCCCCCCCC(C)C)CCCC1. The molecule has 0 aromatic heterocycles. The third kappa shape index (κ3) is 19.7.